The standard InChI is InChI=1S/C12H23NO3/c1-9(2)6-10(8-14)13-12(15)7-11-4-3-5-16-11/h9-11,14H,3-8H2,1-2H3,(H,13,15). The van der Waals surface area contributed by atoms with Crippen molar-refractivity contribution in [2.24, 2.45) is 5.92 Å². The molecule has 0 saturated carbocycles. The summed E-state index contributed by atoms with van der Waals surface area (Å²) in [4.78, 5) is 11.6. The molecule has 1 rings (SSSR count). The van der Waals surface area contributed by atoms with Gasteiger partial charge < -0.3 is 15.2 Å². The number of aliphatic hydroxyl groups excluding tert-OH is 1. The van der Waals surface area contributed by atoms with Gasteiger partial charge in [0.2, 0.25) is 5.91 Å². The molecule has 0 aromatic carbocycles. The quantitative estimate of drug-likeness (QED) is 0.716. The molecule has 16 heavy (non-hydrogen) atoms. The molecule has 1 heterocycles. The number of aliphatic hydroxyl groups is 1. The molecule has 0 radical (unpaired) electrons. The summed E-state index contributed by atoms with van der Waals surface area (Å²) >= 11 is 0. The maximum atomic E-state index is 11.6. The fourth-order valence-electron chi connectivity index (χ4n) is 2.05. The molecule has 1 aliphatic rings. The van der Waals surface area contributed by atoms with Crippen LogP contribution in [0.3, 0.4) is 0 Å². The van der Waals surface area contributed by atoms with Crippen molar-refractivity contribution in [2.45, 2.75) is 51.7 Å². The zero-order valence-electron chi connectivity index (χ0n) is 10.2. The number of rotatable bonds is 6. The second-order valence-electron chi connectivity index (χ2n) is 4.92. The second kappa shape index (κ2) is 6.86. The summed E-state index contributed by atoms with van der Waals surface area (Å²) in [5.41, 5.74) is 0. The average molecular weight is 229 g/mol. The van der Waals surface area contributed by atoms with Gasteiger partial charge in [-0.3, -0.25) is 4.79 Å². The third-order valence-electron chi connectivity index (χ3n) is 2.78. The van der Waals surface area contributed by atoms with Gasteiger partial charge in [-0.05, 0) is 25.2 Å². The van der Waals surface area contributed by atoms with Crippen LogP contribution in [-0.4, -0.2) is 36.4 Å². The Kier molecular flexibility index (Phi) is 5.77. The first-order valence-corrected chi connectivity index (χ1v) is 6.13. The fourth-order valence-corrected chi connectivity index (χ4v) is 2.05. The normalized spacial score (nSPS) is 22.4. The summed E-state index contributed by atoms with van der Waals surface area (Å²) in [6.45, 7) is 4.94. The van der Waals surface area contributed by atoms with Crippen LogP contribution in [-0.2, 0) is 9.53 Å². The third-order valence-corrected chi connectivity index (χ3v) is 2.78. The van der Waals surface area contributed by atoms with Crippen LogP contribution < -0.4 is 5.32 Å². The Morgan fingerprint density at radius 1 is 1.56 bits per heavy atom. The Bertz CT molecular complexity index is 212. The molecule has 1 saturated heterocycles. The number of carbonyl (C=O) groups is 1. The van der Waals surface area contributed by atoms with E-state index in [1.165, 1.54) is 0 Å². The highest BCUT2D eigenvalue weighted by Crippen LogP contribution is 2.15. The van der Waals surface area contributed by atoms with Crippen molar-refractivity contribution in [3.8, 4) is 0 Å². The van der Waals surface area contributed by atoms with Gasteiger partial charge in [-0.2, -0.15) is 0 Å². The van der Waals surface area contributed by atoms with Crippen LogP contribution in [0.15, 0.2) is 0 Å². The van der Waals surface area contributed by atoms with Crippen LogP contribution in [0.2, 0.25) is 0 Å². The number of carbonyl (C=O) groups excluding carboxylic acids is 1. The zero-order chi connectivity index (χ0) is 12.0. The summed E-state index contributed by atoms with van der Waals surface area (Å²) in [5, 5.41) is 12.0. The average Bonchev–Trinajstić information content (AvgIpc) is 2.68. The lowest BCUT2D eigenvalue weighted by molar-refractivity contribution is -0.124. The van der Waals surface area contributed by atoms with E-state index < -0.39 is 0 Å². The third kappa shape index (κ3) is 4.94. The van der Waals surface area contributed by atoms with Crippen LogP contribution in [0.1, 0.15) is 39.5 Å². The Labute approximate surface area is 97.4 Å². The van der Waals surface area contributed by atoms with E-state index in [0.717, 1.165) is 25.9 Å². The van der Waals surface area contributed by atoms with E-state index in [2.05, 4.69) is 19.2 Å². The number of amides is 1. The molecule has 0 bridgehead atoms. The SMILES string of the molecule is CC(C)CC(CO)NC(=O)CC1CCCO1. The first-order chi connectivity index (χ1) is 7.61. The smallest absolute Gasteiger partial charge is 0.222 e. The van der Waals surface area contributed by atoms with E-state index >= 15 is 0 Å². The van der Waals surface area contributed by atoms with E-state index in [9.17, 15) is 4.79 Å². The second-order valence-corrected chi connectivity index (χ2v) is 4.92. The predicted octanol–water partition coefficient (Wildman–Crippen LogP) is 1.08. The minimum atomic E-state index is -0.117. The van der Waals surface area contributed by atoms with Gasteiger partial charge in [0.15, 0.2) is 0 Å². The van der Waals surface area contributed by atoms with E-state index in [1.54, 1.807) is 0 Å². The van der Waals surface area contributed by atoms with Crippen LogP contribution in [0, 0.1) is 5.92 Å². The molecule has 0 spiro atoms. The molecule has 94 valence electrons. The predicted molar refractivity (Wildman–Crippen MR) is 62.1 cm³/mol. The van der Waals surface area contributed by atoms with E-state index in [4.69, 9.17) is 9.84 Å². The molecule has 2 unspecified atom stereocenters. The summed E-state index contributed by atoms with van der Waals surface area (Å²) in [7, 11) is 0. The van der Waals surface area contributed by atoms with Gasteiger partial charge >= 0.3 is 0 Å². The molecule has 4 heteroatoms. The summed E-state index contributed by atoms with van der Waals surface area (Å²) < 4.78 is 5.40. The lowest BCUT2D eigenvalue weighted by Gasteiger charge is -2.19. The van der Waals surface area contributed by atoms with E-state index in [0.29, 0.717) is 12.3 Å². The van der Waals surface area contributed by atoms with Crippen molar-refractivity contribution >= 4 is 5.91 Å². The Hall–Kier alpha value is -0.610. The van der Waals surface area contributed by atoms with Crippen molar-refractivity contribution < 1.29 is 14.6 Å². The summed E-state index contributed by atoms with van der Waals surface area (Å²) in [6, 6.07) is -0.117. The molecule has 1 amide bonds. The molecular formula is C12H23NO3. The molecular weight excluding hydrogens is 206 g/mol. The van der Waals surface area contributed by atoms with Crippen molar-refractivity contribution in [2.75, 3.05) is 13.2 Å². The molecule has 0 aromatic rings. The van der Waals surface area contributed by atoms with Crippen LogP contribution in [0.4, 0.5) is 0 Å². The molecule has 0 aliphatic carbocycles. The van der Waals surface area contributed by atoms with Crippen molar-refractivity contribution in [1.29, 1.82) is 0 Å². The molecule has 2 atom stereocenters. The van der Waals surface area contributed by atoms with Gasteiger partial charge in [0, 0.05) is 6.61 Å². The summed E-state index contributed by atoms with van der Waals surface area (Å²) in [5.74, 6) is 0.465. The van der Waals surface area contributed by atoms with Gasteiger partial charge in [0.25, 0.3) is 0 Å². The highest BCUT2D eigenvalue weighted by Gasteiger charge is 2.20. The van der Waals surface area contributed by atoms with Gasteiger partial charge in [-0.25, -0.2) is 0 Å². The van der Waals surface area contributed by atoms with Gasteiger partial charge in [0.1, 0.15) is 0 Å². The number of ether oxygens (including phenoxy) is 1. The topological polar surface area (TPSA) is 58.6 Å². The van der Waals surface area contributed by atoms with E-state index in [1.807, 2.05) is 0 Å². The lowest BCUT2D eigenvalue weighted by Crippen LogP contribution is -2.39. The largest absolute Gasteiger partial charge is 0.394 e. The molecule has 1 aliphatic heterocycles. The van der Waals surface area contributed by atoms with Crippen molar-refractivity contribution in [3.63, 3.8) is 0 Å². The van der Waals surface area contributed by atoms with Gasteiger partial charge in [-0.15, -0.1) is 0 Å². The van der Waals surface area contributed by atoms with Crippen LogP contribution >= 0.6 is 0 Å². The summed E-state index contributed by atoms with van der Waals surface area (Å²) in [6.07, 6.45) is 3.34. The van der Waals surface area contributed by atoms with Gasteiger partial charge in [-0.1, -0.05) is 13.8 Å². The first kappa shape index (κ1) is 13.5. The van der Waals surface area contributed by atoms with Crippen molar-refractivity contribution in [1.82, 2.24) is 5.32 Å². The Morgan fingerprint density at radius 3 is 2.81 bits per heavy atom. The van der Waals surface area contributed by atoms with Crippen LogP contribution in [0.5, 0.6) is 0 Å². The van der Waals surface area contributed by atoms with Gasteiger partial charge in [0.05, 0.1) is 25.2 Å². The minimum absolute atomic E-state index is 0.00778. The van der Waals surface area contributed by atoms with Crippen LogP contribution in [0.25, 0.3) is 0 Å². The zero-order valence-corrected chi connectivity index (χ0v) is 10.2. The monoisotopic (exact) mass is 229 g/mol. The maximum absolute atomic E-state index is 11.6. The van der Waals surface area contributed by atoms with E-state index in [-0.39, 0.29) is 24.7 Å². The number of hydrogen-bond acceptors (Lipinski definition) is 3. The fraction of sp³-hybridized carbons (Fsp3) is 0.917. The Balaban J connectivity index is 2.24. The Morgan fingerprint density at radius 2 is 2.31 bits per heavy atom. The van der Waals surface area contributed by atoms with Crippen molar-refractivity contribution in [3.05, 3.63) is 0 Å². The number of nitrogens with one attached hydrogen (secondary N) is 1. The molecule has 2 N–H and O–H groups in total. The molecule has 1 fully saturated rings. The molecule has 0 aromatic heterocycles. The lowest BCUT2D eigenvalue weighted by atomic mass is 10.0. The first-order valence-electron chi connectivity index (χ1n) is 6.13. The minimum Gasteiger partial charge on any atom is -0.394 e. The maximum Gasteiger partial charge on any atom is 0.222 e. The highest BCUT2D eigenvalue weighted by molar-refractivity contribution is 5.76. The highest BCUT2D eigenvalue weighted by atomic mass is 16.5. The number of hydrogen-bond donors (Lipinski definition) is 2. The molecule has 4 nitrogen and oxygen atoms in total.